The Kier molecular flexibility index (Phi) is 7.04. The van der Waals surface area contributed by atoms with Gasteiger partial charge in [-0.2, -0.15) is 0 Å². The molecule has 1 amide bonds. The van der Waals surface area contributed by atoms with Crippen molar-refractivity contribution in [2.24, 2.45) is 0 Å². The fourth-order valence-corrected chi connectivity index (χ4v) is 3.76. The van der Waals surface area contributed by atoms with Crippen LogP contribution in [0.25, 0.3) is 11.1 Å². The second-order valence-corrected chi connectivity index (χ2v) is 7.97. The predicted molar refractivity (Wildman–Crippen MR) is 117 cm³/mol. The van der Waals surface area contributed by atoms with Crippen LogP contribution in [-0.4, -0.2) is 51.5 Å². The third kappa shape index (κ3) is 5.78. The standard InChI is InChI=1S/C23H25FN6O3/c1-14(31)26-13-19-9-21(23(32)33-19)15-3-5-20(22(24)8-15)16-2-4-17(27-10-16)11-25-7-6-18-12-28-30-29-18/h2-5,8,10,12,19,21,25H,6-7,9,11,13H2,1H3,(H,26,31)(H,28,29,30)/t19-,21?/m0/s1. The molecule has 0 bridgehead atoms. The molecule has 10 heteroatoms. The molecule has 4 rings (SSSR count). The lowest BCUT2D eigenvalue weighted by Gasteiger charge is -2.10. The molecule has 3 aromatic rings. The van der Waals surface area contributed by atoms with Gasteiger partial charge < -0.3 is 15.4 Å². The van der Waals surface area contributed by atoms with Gasteiger partial charge in [-0.3, -0.25) is 19.7 Å². The maximum Gasteiger partial charge on any atom is 0.313 e. The van der Waals surface area contributed by atoms with Crippen molar-refractivity contribution in [3.8, 4) is 11.1 Å². The van der Waals surface area contributed by atoms with Crippen LogP contribution in [-0.2, 0) is 27.3 Å². The third-order valence-electron chi connectivity index (χ3n) is 5.52. The number of H-pyrrole nitrogens is 1. The number of ether oxygens (including phenoxy) is 1. The van der Waals surface area contributed by atoms with Gasteiger partial charge in [0.05, 0.1) is 30.0 Å². The highest BCUT2D eigenvalue weighted by molar-refractivity contribution is 5.81. The normalized spacial score (nSPS) is 17.7. The van der Waals surface area contributed by atoms with E-state index in [1.54, 1.807) is 24.5 Å². The zero-order chi connectivity index (χ0) is 23.2. The van der Waals surface area contributed by atoms with Crippen LogP contribution >= 0.6 is 0 Å². The molecule has 2 atom stereocenters. The quantitative estimate of drug-likeness (QED) is 0.335. The Balaban J connectivity index is 1.34. The number of rotatable bonds is 9. The summed E-state index contributed by atoms with van der Waals surface area (Å²) in [6, 6.07) is 8.46. The molecule has 1 aliphatic rings. The Labute approximate surface area is 190 Å². The summed E-state index contributed by atoms with van der Waals surface area (Å²) in [5.41, 5.74) is 3.44. The zero-order valence-electron chi connectivity index (χ0n) is 18.2. The highest BCUT2D eigenvalue weighted by Gasteiger charge is 2.35. The second kappa shape index (κ2) is 10.3. The highest BCUT2D eigenvalue weighted by Crippen LogP contribution is 2.33. The lowest BCUT2D eigenvalue weighted by molar-refractivity contribution is -0.142. The maximum atomic E-state index is 14.9. The highest BCUT2D eigenvalue weighted by atomic mass is 19.1. The molecule has 172 valence electrons. The van der Waals surface area contributed by atoms with Crippen molar-refractivity contribution in [3.05, 3.63) is 65.5 Å². The molecule has 1 unspecified atom stereocenters. The van der Waals surface area contributed by atoms with Gasteiger partial charge in [0, 0.05) is 50.2 Å². The van der Waals surface area contributed by atoms with Crippen molar-refractivity contribution in [1.82, 2.24) is 31.0 Å². The van der Waals surface area contributed by atoms with E-state index in [-0.39, 0.29) is 12.5 Å². The van der Waals surface area contributed by atoms with Crippen molar-refractivity contribution < 1.29 is 18.7 Å². The van der Waals surface area contributed by atoms with E-state index < -0.39 is 23.8 Å². The Morgan fingerprint density at radius 3 is 2.85 bits per heavy atom. The summed E-state index contributed by atoms with van der Waals surface area (Å²) in [5, 5.41) is 16.2. The van der Waals surface area contributed by atoms with Gasteiger partial charge in [0.1, 0.15) is 11.9 Å². The number of nitrogens with zero attached hydrogens (tertiary/aromatic N) is 3. The maximum absolute atomic E-state index is 14.9. The number of benzene rings is 1. The average molecular weight is 452 g/mol. The third-order valence-corrected chi connectivity index (χ3v) is 5.52. The molecule has 0 spiro atoms. The number of aromatic nitrogens is 4. The van der Waals surface area contributed by atoms with Crippen LogP contribution in [0.15, 0.2) is 42.7 Å². The number of esters is 1. The summed E-state index contributed by atoms with van der Waals surface area (Å²) in [4.78, 5) is 27.7. The van der Waals surface area contributed by atoms with Crippen LogP contribution in [0.3, 0.4) is 0 Å². The first kappa shape index (κ1) is 22.5. The number of carbonyl (C=O) groups excluding carboxylic acids is 2. The van der Waals surface area contributed by atoms with Crippen molar-refractivity contribution in [1.29, 1.82) is 0 Å². The number of carbonyl (C=O) groups is 2. The van der Waals surface area contributed by atoms with Crippen molar-refractivity contribution >= 4 is 11.9 Å². The van der Waals surface area contributed by atoms with Gasteiger partial charge in [0.25, 0.3) is 0 Å². The number of cyclic esters (lactones) is 1. The van der Waals surface area contributed by atoms with Crippen LogP contribution in [0.5, 0.6) is 0 Å². The molecular weight excluding hydrogens is 427 g/mol. The number of aromatic amines is 1. The molecule has 0 radical (unpaired) electrons. The van der Waals surface area contributed by atoms with Gasteiger partial charge >= 0.3 is 5.97 Å². The van der Waals surface area contributed by atoms with Gasteiger partial charge in [-0.25, -0.2) is 4.39 Å². The monoisotopic (exact) mass is 452 g/mol. The molecule has 9 nitrogen and oxygen atoms in total. The van der Waals surface area contributed by atoms with Crippen LogP contribution < -0.4 is 10.6 Å². The van der Waals surface area contributed by atoms with Gasteiger partial charge in [-0.1, -0.05) is 23.4 Å². The van der Waals surface area contributed by atoms with E-state index in [0.717, 1.165) is 24.4 Å². The summed E-state index contributed by atoms with van der Waals surface area (Å²) in [6.45, 7) is 3.00. The minimum absolute atomic E-state index is 0.188. The summed E-state index contributed by atoms with van der Waals surface area (Å²) in [6.07, 6.45) is 4.11. The molecule has 33 heavy (non-hydrogen) atoms. The molecule has 3 heterocycles. The fourth-order valence-electron chi connectivity index (χ4n) is 3.76. The summed E-state index contributed by atoms with van der Waals surface area (Å²) < 4.78 is 20.2. The van der Waals surface area contributed by atoms with E-state index >= 15 is 0 Å². The summed E-state index contributed by atoms with van der Waals surface area (Å²) >= 11 is 0. The number of amides is 1. The second-order valence-electron chi connectivity index (χ2n) is 7.97. The van der Waals surface area contributed by atoms with Crippen LogP contribution in [0.1, 0.15) is 36.2 Å². The van der Waals surface area contributed by atoms with E-state index in [9.17, 15) is 14.0 Å². The molecule has 1 aromatic carbocycles. The summed E-state index contributed by atoms with van der Waals surface area (Å²) in [7, 11) is 0. The van der Waals surface area contributed by atoms with Gasteiger partial charge in [-0.05, 0) is 17.7 Å². The van der Waals surface area contributed by atoms with Gasteiger partial charge in [-0.15, -0.1) is 5.10 Å². The van der Waals surface area contributed by atoms with Crippen molar-refractivity contribution in [3.63, 3.8) is 0 Å². The number of hydrogen-bond donors (Lipinski definition) is 3. The van der Waals surface area contributed by atoms with Crippen LogP contribution in [0.2, 0.25) is 0 Å². The van der Waals surface area contributed by atoms with E-state index in [4.69, 9.17) is 4.74 Å². The first-order valence-electron chi connectivity index (χ1n) is 10.7. The average Bonchev–Trinajstić information content (AvgIpc) is 3.45. The number of hydrogen-bond acceptors (Lipinski definition) is 7. The molecule has 2 aromatic heterocycles. The van der Waals surface area contributed by atoms with Gasteiger partial charge in [0.15, 0.2) is 0 Å². The Hall–Kier alpha value is -3.66. The van der Waals surface area contributed by atoms with E-state index in [1.165, 1.54) is 13.0 Å². The van der Waals surface area contributed by atoms with Crippen LogP contribution in [0.4, 0.5) is 4.39 Å². The van der Waals surface area contributed by atoms with E-state index in [1.807, 2.05) is 12.1 Å². The first-order valence-corrected chi connectivity index (χ1v) is 10.7. The number of halogens is 1. The first-order chi connectivity index (χ1) is 16.0. The minimum atomic E-state index is -0.545. The molecule has 1 aliphatic heterocycles. The molecule has 3 N–H and O–H groups in total. The minimum Gasteiger partial charge on any atom is -0.460 e. The molecule has 0 saturated carbocycles. The number of nitrogens with one attached hydrogen (secondary N) is 3. The Morgan fingerprint density at radius 1 is 1.27 bits per heavy atom. The SMILES string of the molecule is CC(=O)NC[C@@H]1CC(c2ccc(-c3ccc(CNCCc4cnn[nH]4)nc3)c(F)c2)C(=O)O1. The topological polar surface area (TPSA) is 122 Å². The molecule has 1 fully saturated rings. The molecule has 1 saturated heterocycles. The van der Waals surface area contributed by atoms with Gasteiger partial charge in [0.2, 0.25) is 5.91 Å². The Bertz CT molecular complexity index is 1100. The molecular formula is C23H25FN6O3. The van der Waals surface area contributed by atoms with E-state index in [2.05, 4.69) is 31.0 Å². The molecule has 0 aliphatic carbocycles. The largest absolute Gasteiger partial charge is 0.460 e. The summed E-state index contributed by atoms with van der Waals surface area (Å²) in [5.74, 6) is -1.56. The lowest BCUT2D eigenvalue weighted by atomic mass is 9.93. The Morgan fingerprint density at radius 2 is 2.15 bits per heavy atom. The zero-order valence-corrected chi connectivity index (χ0v) is 18.2. The van der Waals surface area contributed by atoms with Crippen molar-refractivity contribution in [2.45, 2.75) is 38.3 Å². The number of pyridine rings is 1. The predicted octanol–water partition coefficient (Wildman–Crippen LogP) is 1.87. The van der Waals surface area contributed by atoms with Crippen LogP contribution in [0, 0.1) is 5.82 Å². The van der Waals surface area contributed by atoms with Crippen molar-refractivity contribution in [2.75, 3.05) is 13.1 Å². The fraction of sp³-hybridized carbons (Fsp3) is 0.348. The lowest BCUT2D eigenvalue weighted by Crippen LogP contribution is -2.30. The van der Waals surface area contributed by atoms with E-state index in [0.29, 0.717) is 29.7 Å². The smallest absolute Gasteiger partial charge is 0.313 e.